The second-order valence-electron chi connectivity index (χ2n) is 7.19. The van der Waals surface area contributed by atoms with E-state index in [2.05, 4.69) is 27.2 Å². The number of unbranched alkanes of at least 4 members (excludes halogenated alkanes) is 10. The van der Waals surface area contributed by atoms with Gasteiger partial charge < -0.3 is 4.74 Å². The van der Waals surface area contributed by atoms with Gasteiger partial charge in [-0.15, -0.1) is 0 Å². The molecule has 1 heteroatoms. The van der Waals surface area contributed by atoms with Crippen LogP contribution < -0.4 is 4.74 Å². The molecule has 0 aromatic heterocycles. The van der Waals surface area contributed by atoms with Crippen LogP contribution in [-0.4, -0.2) is 5.60 Å². The Bertz CT molecular complexity index is 369. The third-order valence-corrected chi connectivity index (χ3v) is 4.32. The minimum absolute atomic E-state index is 0.180. The van der Waals surface area contributed by atoms with E-state index in [-0.39, 0.29) is 5.60 Å². The summed E-state index contributed by atoms with van der Waals surface area (Å²) < 4.78 is 6.04. The fourth-order valence-electron chi connectivity index (χ4n) is 2.92. The zero-order valence-electron chi connectivity index (χ0n) is 15.7. The molecule has 0 aliphatic heterocycles. The molecule has 1 nitrogen and oxygen atoms in total. The van der Waals surface area contributed by atoms with Crippen molar-refractivity contribution in [2.24, 2.45) is 0 Å². The van der Waals surface area contributed by atoms with Gasteiger partial charge in [0.25, 0.3) is 0 Å². The van der Waals surface area contributed by atoms with E-state index in [4.69, 9.17) is 4.74 Å². The third kappa shape index (κ3) is 11.2. The van der Waals surface area contributed by atoms with Crippen molar-refractivity contribution in [1.29, 1.82) is 0 Å². The predicted molar refractivity (Wildman–Crippen MR) is 102 cm³/mol. The summed E-state index contributed by atoms with van der Waals surface area (Å²) in [5.74, 6) is 0.955. The van der Waals surface area contributed by atoms with Gasteiger partial charge in [-0.25, -0.2) is 0 Å². The van der Waals surface area contributed by atoms with Crippen molar-refractivity contribution in [3.8, 4) is 5.75 Å². The van der Waals surface area contributed by atoms with Crippen LogP contribution in [-0.2, 0) is 0 Å². The van der Waals surface area contributed by atoms with Crippen LogP contribution in [0.4, 0.5) is 0 Å². The molecule has 1 aromatic carbocycles. The SMILES string of the molecule is CCCCCCCCCCCC[CH]C(C)(C)Oc1ccccc1. The van der Waals surface area contributed by atoms with E-state index >= 15 is 0 Å². The van der Waals surface area contributed by atoms with Crippen LogP contribution in [0.5, 0.6) is 5.75 Å². The lowest BCUT2D eigenvalue weighted by Crippen LogP contribution is -2.28. The molecule has 0 atom stereocenters. The predicted octanol–water partition coefficient (Wildman–Crippen LogP) is 7.36. The van der Waals surface area contributed by atoms with Crippen molar-refractivity contribution in [3.05, 3.63) is 36.8 Å². The molecule has 0 amide bonds. The Morgan fingerprint density at radius 2 is 1.30 bits per heavy atom. The van der Waals surface area contributed by atoms with Gasteiger partial charge in [-0.2, -0.15) is 0 Å². The number of para-hydroxylation sites is 1. The largest absolute Gasteiger partial charge is 0.488 e. The maximum absolute atomic E-state index is 6.04. The first-order valence-corrected chi connectivity index (χ1v) is 9.72. The van der Waals surface area contributed by atoms with Crippen molar-refractivity contribution in [2.45, 2.75) is 97.0 Å². The molecule has 131 valence electrons. The molecule has 0 saturated heterocycles. The first-order valence-electron chi connectivity index (χ1n) is 9.72. The van der Waals surface area contributed by atoms with E-state index in [0.717, 1.165) is 12.2 Å². The standard InChI is InChI=1S/C22H37O/c1-4-5-6-7-8-9-10-11-12-13-17-20-22(2,3)23-21-18-15-14-16-19-21/h14-16,18-20H,4-13,17H2,1-3H3. The molecule has 1 rings (SSSR count). The quantitative estimate of drug-likeness (QED) is 0.326. The van der Waals surface area contributed by atoms with Gasteiger partial charge in [0.15, 0.2) is 0 Å². The van der Waals surface area contributed by atoms with E-state index in [9.17, 15) is 0 Å². The molecule has 0 saturated carbocycles. The monoisotopic (exact) mass is 317 g/mol. The highest BCUT2D eigenvalue weighted by Gasteiger charge is 2.19. The maximum atomic E-state index is 6.04. The van der Waals surface area contributed by atoms with Gasteiger partial charge >= 0.3 is 0 Å². The van der Waals surface area contributed by atoms with E-state index in [1.807, 2.05) is 30.3 Å². The summed E-state index contributed by atoms with van der Waals surface area (Å²) in [6.07, 6.45) is 17.4. The highest BCUT2D eigenvalue weighted by molar-refractivity contribution is 5.22. The minimum atomic E-state index is -0.180. The maximum Gasteiger partial charge on any atom is 0.120 e. The Hall–Kier alpha value is -0.980. The lowest BCUT2D eigenvalue weighted by molar-refractivity contribution is 0.139. The minimum Gasteiger partial charge on any atom is -0.488 e. The fraction of sp³-hybridized carbons (Fsp3) is 0.682. The lowest BCUT2D eigenvalue weighted by atomic mass is 9.99. The summed E-state index contributed by atoms with van der Waals surface area (Å²) in [6, 6.07) is 10.1. The highest BCUT2D eigenvalue weighted by atomic mass is 16.5. The summed E-state index contributed by atoms with van der Waals surface area (Å²) >= 11 is 0. The first kappa shape index (κ1) is 20.1. The molecule has 1 radical (unpaired) electrons. The molecular formula is C22H37O. The normalized spacial score (nSPS) is 11.6. The Morgan fingerprint density at radius 3 is 1.87 bits per heavy atom. The highest BCUT2D eigenvalue weighted by Crippen LogP contribution is 2.22. The Labute approximate surface area is 144 Å². The van der Waals surface area contributed by atoms with Crippen molar-refractivity contribution >= 4 is 0 Å². The zero-order valence-corrected chi connectivity index (χ0v) is 15.7. The summed E-state index contributed by atoms with van der Waals surface area (Å²) in [6.45, 7) is 6.58. The van der Waals surface area contributed by atoms with Crippen LogP contribution in [0, 0.1) is 6.42 Å². The van der Waals surface area contributed by atoms with Crippen LogP contribution >= 0.6 is 0 Å². The van der Waals surface area contributed by atoms with Gasteiger partial charge in [-0.05, 0) is 32.4 Å². The second-order valence-corrected chi connectivity index (χ2v) is 7.19. The lowest BCUT2D eigenvalue weighted by Gasteiger charge is -2.26. The van der Waals surface area contributed by atoms with E-state index in [1.165, 1.54) is 64.2 Å². The summed E-state index contributed by atoms with van der Waals surface area (Å²) in [5, 5.41) is 0. The van der Waals surface area contributed by atoms with Gasteiger partial charge in [0.05, 0.1) is 0 Å². The van der Waals surface area contributed by atoms with Gasteiger partial charge in [-0.3, -0.25) is 0 Å². The molecule has 23 heavy (non-hydrogen) atoms. The smallest absolute Gasteiger partial charge is 0.120 e. The number of ether oxygens (including phenoxy) is 1. The number of hydrogen-bond acceptors (Lipinski definition) is 1. The molecule has 0 N–H and O–H groups in total. The van der Waals surface area contributed by atoms with Crippen molar-refractivity contribution in [2.75, 3.05) is 0 Å². The van der Waals surface area contributed by atoms with E-state index in [0.29, 0.717) is 0 Å². The van der Waals surface area contributed by atoms with Crippen molar-refractivity contribution in [1.82, 2.24) is 0 Å². The van der Waals surface area contributed by atoms with Gasteiger partial charge in [0, 0.05) is 6.42 Å². The number of hydrogen-bond donors (Lipinski definition) is 0. The van der Waals surface area contributed by atoms with Crippen molar-refractivity contribution < 1.29 is 4.74 Å². The summed E-state index contributed by atoms with van der Waals surface area (Å²) in [7, 11) is 0. The Balaban J connectivity index is 1.95. The number of rotatable bonds is 14. The molecular weight excluding hydrogens is 280 g/mol. The molecule has 0 aliphatic carbocycles. The van der Waals surface area contributed by atoms with Gasteiger partial charge in [0.2, 0.25) is 0 Å². The van der Waals surface area contributed by atoms with Crippen LogP contribution in [0.15, 0.2) is 30.3 Å². The molecule has 0 unspecified atom stereocenters. The molecule has 1 aromatic rings. The first-order chi connectivity index (χ1) is 11.1. The van der Waals surface area contributed by atoms with Crippen molar-refractivity contribution in [3.63, 3.8) is 0 Å². The zero-order chi connectivity index (χ0) is 16.8. The molecule has 0 heterocycles. The molecule has 0 aliphatic rings. The summed E-state index contributed by atoms with van der Waals surface area (Å²) in [4.78, 5) is 0. The number of benzene rings is 1. The van der Waals surface area contributed by atoms with Crippen LogP contribution in [0.25, 0.3) is 0 Å². The van der Waals surface area contributed by atoms with Gasteiger partial charge in [-0.1, -0.05) is 89.3 Å². The third-order valence-electron chi connectivity index (χ3n) is 4.32. The van der Waals surface area contributed by atoms with Crippen LogP contribution in [0.2, 0.25) is 0 Å². The van der Waals surface area contributed by atoms with E-state index in [1.54, 1.807) is 0 Å². The molecule has 0 spiro atoms. The topological polar surface area (TPSA) is 9.23 Å². The Kier molecular flexibility index (Phi) is 10.9. The average Bonchev–Trinajstić information content (AvgIpc) is 2.53. The van der Waals surface area contributed by atoms with Crippen LogP contribution in [0.3, 0.4) is 0 Å². The van der Waals surface area contributed by atoms with Crippen LogP contribution in [0.1, 0.15) is 91.4 Å². The molecule has 0 bridgehead atoms. The average molecular weight is 318 g/mol. The summed E-state index contributed by atoms with van der Waals surface area (Å²) in [5.41, 5.74) is -0.180. The second kappa shape index (κ2) is 12.4. The van der Waals surface area contributed by atoms with Gasteiger partial charge in [0.1, 0.15) is 11.4 Å². The van der Waals surface area contributed by atoms with E-state index < -0.39 is 0 Å². The molecule has 0 fully saturated rings. The Morgan fingerprint density at radius 1 is 0.783 bits per heavy atom. The fourth-order valence-corrected chi connectivity index (χ4v) is 2.92.